The second-order valence-electron chi connectivity index (χ2n) is 13.5. The largest absolute Gasteiger partial charge is 0.372 e. The van der Waals surface area contributed by atoms with E-state index in [-0.39, 0.29) is 0 Å². The van der Waals surface area contributed by atoms with Crippen LogP contribution in [0.25, 0.3) is 60.5 Å². The van der Waals surface area contributed by atoms with E-state index in [1.165, 1.54) is 116 Å². The van der Waals surface area contributed by atoms with E-state index in [1.54, 1.807) is 0 Å². The van der Waals surface area contributed by atoms with E-state index < -0.39 is 0 Å². The molecule has 6 aromatic carbocycles. The lowest BCUT2D eigenvalue weighted by Gasteiger charge is -2.30. The van der Waals surface area contributed by atoms with Gasteiger partial charge in [0.05, 0.1) is 0 Å². The first-order chi connectivity index (χ1) is 22.7. The maximum absolute atomic E-state index is 4.58. The van der Waals surface area contributed by atoms with Crippen molar-refractivity contribution < 1.29 is 0 Å². The van der Waals surface area contributed by atoms with Crippen LogP contribution in [0.15, 0.2) is 116 Å². The highest BCUT2D eigenvalue weighted by atomic mass is 15.1. The Bertz CT molecular complexity index is 2130. The summed E-state index contributed by atoms with van der Waals surface area (Å²) >= 11 is 0. The number of piperidine rings is 2. The Kier molecular flexibility index (Phi) is 6.70. The van der Waals surface area contributed by atoms with Gasteiger partial charge in [0.25, 0.3) is 0 Å². The van der Waals surface area contributed by atoms with E-state index in [0.717, 1.165) is 31.8 Å². The Balaban J connectivity index is 1.34. The van der Waals surface area contributed by atoms with Gasteiger partial charge in [-0.2, -0.15) is 0 Å². The quantitative estimate of drug-likeness (QED) is 0.187. The molecule has 2 fully saturated rings. The molecule has 0 saturated carbocycles. The lowest BCUT2D eigenvalue weighted by Crippen LogP contribution is -2.29. The number of nitrogens with zero attached hydrogens (tertiary/aromatic N) is 2. The summed E-state index contributed by atoms with van der Waals surface area (Å²) < 4.78 is 0. The zero-order valence-electron chi connectivity index (χ0n) is 26.6. The summed E-state index contributed by atoms with van der Waals surface area (Å²) in [6.45, 7) is 9.12. The van der Waals surface area contributed by atoms with Gasteiger partial charge in [0, 0.05) is 37.6 Å². The summed E-state index contributed by atoms with van der Waals surface area (Å²) in [5.41, 5.74) is 14.1. The van der Waals surface area contributed by atoms with Gasteiger partial charge in [-0.25, -0.2) is 0 Å². The molecular formula is C44H40N2. The van der Waals surface area contributed by atoms with Crippen molar-refractivity contribution in [3.05, 3.63) is 127 Å². The molecule has 2 heteroatoms. The van der Waals surface area contributed by atoms with Crippen molar-refractivity contribution in [2.45, 2.75) is 38.5 Å². The van der Waals surface area contributed by atoms with Gasteiger partial charge in [0.15, 0.2) is 0 Å². The Labute approximate surface area is 272 Å². The van der Waals surface area contributed by atoms with E-state index in [0.29, 0.717) is 0 Å². The summed E-state index contributed by atoms with van der Waals surface area (Å²) in [6, 6.07) is 41.5. The molecule has 0 aromatic heterocycles. The van der Waals surface area contributed by atoms with Crippen LogP contribution in [0.3, 0.4) is 0 Å². The fraction of sp³-hybridized carbons (Fsp3) is 0.227. The normalized spacial score (nSPS) is 16.2. The van der Waals surface area contributed by atoms with Crippen molar-refractivity contribution in [3.8, 4) is 33.4 Å². The molecular weight excluding hydrogens is 556 g/mol. The van der Waals surface area contributed by atoms with Crippen LogP contribution in [-0.2, 0) is 0 Å². The van der Waals surface area contributed by atoms with Crippen molar-refractivity contribution >= 4 is 38.5 Å². The van der Waals surface area contributed by atoms with Gasteiger partial charge in [-0.3, -0.25) is 0 Å². The minimum atomic E-state index is 1.13. The van der Waals surface area contributed by atoms with Crippen molar-refractivity contribution in [1.29, 1.82) is 0 Å². The van der Waals surface area contributed by atoms with E-state index >= 15 is 0 Å². The van der Waals surface area contributed by atoms with E-state index in [2.05, 4.69) is 126 Å². The van der Waals surface area contributed by atoms with Gasteiger partial charge in [-0.1, -0.05) is 85.4 Å². The predicted molar refractivity (Wildman–Crippen MR) is 198 cm³/mol. The summed E-state index contributed by atoms with van der Waals surface area (Å²) in [6.07, 6.45) is 7.75. The summed E-state index contributed by atoms with van der Waals surface area (Å²) in [5, 5.41) is 5.32. The molecule has 9 rings (SSSR count). The number of benzene rings is 6. The smallest absolute Gasteiger partial charge is 0.0372 e. The molecule has 2 saturated heterocycles. The Morgan fingerprint density at radius 3 is 1.52 bits per heavy atom. The third-order valence-corrected chi connectivity index (χ3v) is 10.8. The van der Waals surface area contributed by atoms with Crippen LogP contribution in [-0.4, -0.2) is 26.2 Å². The third kappa shape index (κ3) is 4.46. The molecule has 0 bridgehead atoms. The van der Waals surface area contributed by atoms with Gasteiger partial charge in [-0.15, -0.1) is 0 Å². The topological polar surface area (TPSA) is 6.48 Å². The van der Waals surface area contributed by atoms with Crippen molar-refractivity contribution in [2.75, 3.05) is 36.0 Å². The number of anilines is 2. The average molecular weight is 597 g/mol. The third-order valence-electron chi connectivity index (χ3n) is 10.8. The van der Waals surface area contributed by atoms with Gasteiger partial charge in [0.1, 0.15) is 0 Å². The molecule has 46 heavy (non-hydrogen) atoms. The van der Waals surface area contributed by atoms with Crippen LogP contribution in [0.2, 0.25) is 0 Å². The Morgan fingerprint density at radius 2 is 0.913 bits per heavy atom. The van der Waals surface area contributed by atoms with Crippen LogP contribution < -0.4 is 9.80 Å². The van der Waals surface area contributed by atoms with Crippen molar-refractivity contribution in [2.24, 2.45) is 0 Å². The number of hydrogen-bond acceptors (Lipinski definition) is 2. The second-order valence-corrected chi connectivity index (χ2v) is 13.5. The van der Waals surface area contributed by atoms with Crippen LogP contribution in [0.4, 0.5) is 11.4 Å². The number of rotatable bonds is 4. The molecule has 0 spiro atoms. The maximum Gasteiger partial charge on any atom is 0.0372 e. The lowest BCUT2D eigenvalue weighted by atomic mass is 9.84. The Morgan fingerprint density at radius 1 is 0.391 bits per heavy atom. The van der Waals surface area contributed by atoms with Crippen molar-refractivity contribution in [3.63, 3.8) is 0 Å². The summed E-state index contributed by atoms with van der Waals surface area (Å²) in [5.74, 6) is 0. The second kappa shape index (κ2) is 11.2. The monoisotopic (exact) mass is 596 g/mol. The molecule has 2 heterocycles. The molecule has 226 valence electrons. The SMILES string of the molecule is C=C1c2ccccc2-c2ccc(-c3c4ccc(N5CCCCC5)cc4c(-c4ccccc4)c4ccc(N5CCCCC5)cc34)cc21. The van der Waals surface area contributed by atoms with Gasteiger partial charge in [0.2, 0.25) is 0 Å². The zero-order valence-corrected chi connectivity index (χ0v) is 26.6. The van der Waals surface area contributed by atoms with E-state index in [1.807, 2.05) is 0 Å². The van der Waals surface area contributed by atoms with Crippen molar-refractivity contribution in [1.82, 2.24) is 0 Å². The average Bonchev–Trinajstić information content (AvgIpc) is 3.42. The first-order valence-electron chi connectivity index (χ1n) is 17.3. The number of fused-ring (bicyclic) bond motifs is 5. The van der Waals surface area contributed by atoms with Gasteiger partial charge < -0.3 is 9.80 Å². The molecule has 2 nitrogen and oxygen atoms in total. The molecule has 0 unspecified atom stereocenters. The molecule has 0 radical (unpaired) electrons. The first kappa shape index (κ1) is 27.5. The molecule has 6 aromatic rings. The fourth-order valence-corrected chi connectivity index (χ4v) is 8.44. The van der Waals surface area contributed by atoms with Gasteiger partial charge in [-0.05, 0) is 140 Å². The molecule has 2 aliphatic heterocycles. The highest BCUT2D eigenvalue weighted by molar-refractivity contribution is 6.22. The number of hydrogen-bond donors (Lipinski definition) is 0. The summed E-state index contributed by atoms with van der Waals surface area (Å²) in [7, 11) is 0. The maximum atomic E-state index is 4.58. The molecule has 3 aliphatic rings. The zero-order chi connectivity index (χ0) is 30.6. The minimum Gasteiger partial charge on any atom is -0.372 e. The van der Waals surface area contributed by atoms with Crippen LogP contribution >= 0.6 is 0 Å². The molecule has 0 atom stereocenters. The highest BCUT2D eigenvalue weighted by Gasteiger charge is 2.25. The lowest BCUT2D eigenvalue weighted by molar-refractivity contribution is 0.578. The fourth-order valence-electron chi connectivity index (χ4n) is 8.44. The first-order valence-corrected chi connectivity index (χ1v) is 17.3. The predicted octanol–water partition coefficient (Wildman–Crippen LogP) is 11.3. The van der Waals surface area contributed by atoms with Crippen LogP contribution in [0.5, 0.6) is 0 Å². The summed E-state index contributed by atoms with van der Waals surface area (Å²) in [4.78, 5) is 5.19. The van der Waals surface area contributed by atoms with Gasteiger partial charge >= 0.3 is 0 Å². The standard InChI is InChI=1S/C44H40N2/c1-30-35-15-7-8-16-36(35)37-20-17-32(27-40(30)37)44-39-22-19-33(45-23-9-3-10-24-45)28-41(39)43(31-13-5-2-6-14-31)38-21-18-34(29-42(38)44)46-25-11-4-12-26-46/h2,5-8,13-22,27-29H,1,3-4,9-12,23-26H2. The van der Waals surface area contributed by atoms with E-state index in [9.17, 15) is 0 Å². The molecule has 0 amide bonds. The van der Waals surface area contributed by atoms with Crippen LogP contribution in [0, 0.1) is 0 Å². The van der Waals surface area contributed by atoms with E-state index in [4.69, 9.17) is 0 Å². The Hall–Kier alpha value is -4.82. The molecule has 1 aliphatic carbocycles. The molecule has 0 N–H and O–H groups in total. The highest BCUT2D eigenvalue weighted by Crippen LogP contribution is 2.49. The van der Waals surface area contributed by atoms with Crippen LogP contribution in [0.1, 0.15) is 49.7 Å². The minimum absolute atomic E-state index is 1.13.